The summed E-state index contributed by atoms with van der Waals surface area (Å²) < 4.78 is 7.25. The second-order valence-electron chi connectivity index (χ2n) is 9.58. The maximum absolute atomic E-state index is 14.0. The Hall–Kier alpha value is -2.10. The highest BCUT2D eigenvalue weighted by molar-refractivity contribution is 7.98. The largest absolute Gasteiger partial charge is 0.383 e. The SMILES string of the molecule is CCN(CCOC)C(=O)[C@H]1CNC[C@@H](N(CC(C)C)C(=O)c2nc3ccccc3n2CCSC)C1. The molecule has 2 heterocycles. The van der Waals surface area contributed by atoms with E-state index in [0.29, 0.717) is 57.5 Å². The normalized spacial score (nSPS) is 18.2. The van der Waals surface area contributed by atoms with Crippen molar-refractivity contribution in [3.05, 3.63) is 30.1 Å². The number of ether oxygens (including phenoxy) is 1. The van der Waals surface area contributed by atoms with Crippen LogP contribution < -0.4 is 5.32 Å². The molecule has 0 radical (unpaired) electrons. The van der Waals surface area contributed by atoms with Gasteiger partial charge in [-0.25, -0.2) is 4.98 Å². The molecule has 194 valence electrons. The number of hydrogen-bond donors (Lipinski definition) is 1. The smallest absolute Gasteiger partial charge is 0.290 e. The highest BCUT2D eigenvalue weighted by Crippen LogP contribution is 2.24. The van der Waals surface area contributed by atoms with E-state index in [1.807, 2.05) is 41.0 Å². The fourth-order valence-electron chi connectivity index (χ4n) is 4.80. The van der Waals surface area contributed by atoms with Crippen molar-refractivity contribution in [2.45, 2.75) is 39.8 Å². The van der Waals surface area contributed by atoms with Crippen molar-refractivity contribution in [2.75, 3.05) is 58.4 Å². The van der Waals surface area contributed by atoms with Crippen LogP contribution in [-0.2, 0) is 16.1 Å². The van der Waals surface area contributed by atoms with Crippen molar-refractivity contribution in [3.8, 4) is 0 Å². The van der Waals surface area contributed by atoms with Gasteiger partial charge in [0.15, 0.2) is 5.82 Å². The number of para-hydroxylation sites is 2. The Bertz CT molecular complexity index is 979. The number of amides is 2. The number of fused-ring (bicyclic) bond motifs is 1. The minimum atomic E-state index is -0.164. The molecule has 1 aromatic carbocycles. The van der Waals surface area contributed by atoms with Crippen LogP contribution in [0.2, 0.25) is 0 Å². The van der Waals surface area contributed by atoms with Gasteiger partial charge in [-0.05, 0) is 37.7 Å². The second kappa shape index (κ2) is 13.3. The fraction of sp³-hybridized carbons (Fsp3) is 0.654. The molecule has 0 bridgehead atoms. The van der Waals surface area contributed by atoms with Gasteiger partial charge in [-0.2, -0.15) is 11.8 Å². The Balaban J connectivity index is 1.87. The number of imidazole rings is 1. The van der Waals surface area contributed by atoms with Gasteiger partial charge in [-0.1, -0.05) is 26.0 Å². The van der Waals surface area contributed by atoms with E-state index in [2.05, 4.69) is 30.0 Å². The third-order valence-corrected chi connectivity index (χ3v) is 7.15. The third kappa shape index (κ3) is 6.77. The number of carbonyl (C=O) groups excluding carboxylic acids is 2. The first-order chi connectivity index (χ1) is 16.9. The average molecular weight is 504 g/mol. The Morgan fingerprint density at radius 2 is 2.06 bits per heavy atom. The molecule has 2 aromatic rings. The molecule has 1 aliphatic heterocycles. The minimum absolute atomic E-state index is 0.0531. The number of aryl methyl sites for hydroxylation is 1. The summed E-state index contributed by atoms with van der Waals surface area (Å²) in [5.41, 5.74) is 1.83. The monoisotopic (exact) mass is 503 g/mol. The summed E-state index contributed by atoms with van der Waals surface area (Å²) in [6, 6.07) is 7.87. The maximum atomic E-state index is 14.0. The molecule has 0 unspecified atom stereocenters. The van der Waals surface area contributed by atoms with Crippen molar-refractivity contribution in [1.29, 1.82) is 0 Å². The number of nitrogens with one attached hydrogen (secondary N) is 1. The van der Waals surface area contributed by atoms with E-state index in [4.69, 9.17) is 9.72 Å². The average Bonchev–Trinajstić information content (AvgIpc) is 3.24. The molecule has 2 atom stereocenters. The van der Waals surface area contributed by atoms with Gasteiger partial charge in [0.2, 0.25) is 5.91 Å². The molecule has 2 amide bonds. The number of nitrogens with zero attached hydrogens (tertiary/aromatic N) is 4. The maximum Gasteiger partial charge on any atom is 0.290 e. The molecule has 1 N–H and O–H groups in total. The summed E-state index contributed by atoms with van der Waals surface area (Å²) >= 11 is 1.76. The molecule has 9 heteroatoms. The van der Waals surface area contributed by atoms with Crippen LogP contribution in [0.3, 0.4) is 0 Å². The molecule has 0 spiro atoms. The molecule has 0 aliphatic carbocycles. The third-order valence-electron chi connectivity index (χ3n) is 6.56. The lowest BCUT2D eigenvalue weighted by molar-refractivity contribution is -0.137. The number of piperidine rings is 1. The molecule has 1 aromatic heterocycles. The van der Waals surface area contributed by atoms with Gasteiger partial charge in [0.1, 0.15) is 0 Å². The predicted molar refractivity (Wildman–Crippen MR) is 143 cm³/mol. The van der Waals surface area contributed by atoms with Crippen LogP contribution in [0.1, 0.15) is 37.8 Å². The van der Waals surface area contributed by atoms with Gasteiger partial charge < -0.3 is 24.4 Å². The van der Waals surface area contributed by atoms with Crippen LogP contribution in [0.4, 0.5) is 0 Å². The second-order valence-corrected chi connectivity index (χ2v) is 10.6. The summed E-state index contributed by atoms with van der Waals surface area (Å²) in [7, 11) is 1.65. The molecule has 3 rings (SSSR count). The van der Waals surface area contributed by atoms with Gasteiger partial charge in [-0.15, -0.1) is 0 Å². The van der Waals surface area contributed by atoms with E-state index in [1.54, 1.807) is 18.9 Å². The van der Waals surface area contributed by atoms with Crippen LogP contribution in [0, 0.1) is 11.8 Å². The Labute approximate surface area is 213 Å². The molecular weight excluding hydrogens is 462 g/mol. The first-order valence-electron chi connectivity index (χ1n) is 12.6. The lowest BCUT2D eigenvalue weighted by atomic mass is 9.92. The van der Waals surface area contributed by atoms with Crippen LogP contribution in [-0.4, -0.2) is 95.7 Å². The highest BCUT2D eigenvalue weighted by Gasteiger charge is 2.36. The number of carbonyl (C=O) groups is 2. The van der Waals surface area contributed by atoms with Crippen LogP contribution in [0.25, 0.3) is 11.0 Å². The molecule has 0 saturated carbocycles. The van der Waals surface area contributed by atoms with E-state index in [9.17, 15) is 9.59 Å². The van der Waals surface area contributed by atoms with Crippen molar-refractivity contribution >= 4 is 34.6 Å². The lowest BCUT2D eigenvalue weighted by Crippen LogP contribution is -2.55. The van der Waals surface area contributed by atoms with E-state index in [-0.39, 0.29) is 23.8 Å². The summed E-state index contributed by atoms with van der Waals surface area (Å²) in [6.07, 6.45) is 2.72. The van der Waals surface area contributed by atoms with E-state index in [1.165, 1.54) is 0 Å². The molecule has 1 fully saturated rings. The summed E-state index contributed by atoms with van der Waals surface area (Å²) in [6.45, 7) is 10.7. The standard InChI is InChI=1S/C26H41N5O3S/c1-6-29(11-13-34-4)25(32)20-15-21(17-27-16-20)31(18-19(2)3)26(33)24-28-22-9-7-8-10-23(22)30(24)12-14-35-5/h7-10,19-21,27H,6,11-18H2,1-5H3/t20-,21+/m1/s1. The first-order valence-corrected chi connectivity index (χ1v) is 14.0. The van der Waals surface area contributed by atoms with Crippen molar-refractivity contribution < 1.29 is 14.3 Å². The molecular formula is C26H41N5O3S. The number of rotatable bonds is 12. The van der Waals surface area contributed by atoms with E-state index >= 15 is 0 Å². The van der Waals surface area contributed by atoms with Crippen LogP contribution in [0.5, 0.6) is 0 Å². The molecule has 35 heavy (non-hydrogen) atoms. The van der Waals surface area contributed by atoms with Gasteiger partial charge in [-0.3, -0.25) is 9.59 Å². The number of hydrogen-bond acceptors (Lipinski definition) is 6. The van der Waals surface area contributed by atoms with E-state index in [0.717, 1.165) is 23.3 Å². The Kier molecular flexibility index (Phi) is 10.4. The number of benzene rings is 1. The molecule has 1 saturated heterocycles. The number of methoxy groups -OCH3 is 1. The van der Waals surface area contributed by atoms with Crippen LogP contribution in [0.15, 0.2) is 24.3 Å². The highest BCUT2D eigenvalue weighted by atomic mass is 32.2. The number of thioether (sulfide) groups is 1. The summed E-state index contributed by atoms with van der Waals surface area (Å²) in [5.74, 6) is 1.61. The predicted octanol–water partition coefficient (Wildman–Crippen LogP) is 2.97. The van der Waals surface area contributed by atoms with Crippen LogP contribution >= 0.6 is 11.8 Å². The van der Waals surface area contributed by atoms with Gasteiger partial charge >= 0.3 is 0 Å². The van der Waals surface area contributed by atoms with Crippen molar-refractivity contribution in [3.63, 3.8) is 0 Å². The summed E-state index contributed by atoms with van der Waals surface area (Å²) in [5, 5.41) is 3.43. The topological polar surface area (TPSA) is 79.7 Å². The molecule has 1 aliphatic rings. The Morgan fingerprint density at radius 3 is 2.74 bits per heavy atom. The quantitative estimate of drug-likeness (QED) is 0.480. The van der Waals surface area contributed by atoms with Gasteiger partial charge in [0, 0.05) is 58.2 Å². The lowest BCUT2D eigenvalue weighted by Gasteiger charge is -2.39. The zero-order chi connectivity index (χ0) is 25.4. The van der Waals surface area contributed by atoms with E-state index < -0.39 is 0 Å². The first kappa shape index (κ1) is 27.5. The Morgan fingerprint density at radius 1 is 1.29 bits per heavy atom. The van der Waals surface area contributed by atoms with Gasteiger partial charge in [0.05, 0.1) is 23.6 Å². The number of aromatic nitrogens is 2. The van der Waals surface area contributed by atoms with Crippen molar-refractivity contribution in [1.82, 2.24) is 24.7 Å². The minimum Gasteiger partial charge on any atom is -0.383 e. The fourth-order valence-corrected chi connectivity index (χ4v) is 5.16. The molecule has 8 nitrogen and oxygen atoms in total. The zero-order valence-electron chi connectivity index (χ0n) is 21.8. The number of likely N-dealkylation sites (N-methyl/N-ethyl adjacent to an activating group) is 1. The van der Waals surface area contributed by atoms with Crippen molar-refractivity contribution in [2.24, 2.45) is 11.8 Å². The van der Waals surface area contributed by atoms with Gasteiger partial charge in [0.25, 0.3) is 5.91 Å². The zero-order valence-corrected chi connectivity index (χ0v) is 22.6. The summed E-state index contributed by atoms with van der Waals surface area (Å²) in [4.78, 5) is 35.9.